The predicted molar refractivity (Wildman–Crippen MR) is 128 cm³/mol. The zero-order chi connectivity index (χ0) is 23.0. The van der Waals surface area contributed by atoms with Gasteiger partial charge in [-0.15, -0.1) is 0 Å². The summed E-state index contributed by atoms with van der Waals surface area (Å²) in [5.74, 6) is 3.29. The number of urea groups is 1. The molecule has 2 N–H and O–H groups in total. The SMILES string of the molecule is CC1CN(CC2CCN(C(=O)CCNC(=O)NC34CC5CC(CC(C5)C3)C4)CC2)CC(C)O1. The largest absolute Gasteiger partial charge is 0.373 e. The molecule has 6 fully saturated rings. The number of nitrogens with one attached hydrogen (secondary N) is 2. The highest BCUT2D eigenvalue weighted by molar-refractivity contribution is 5.78. The van der Waals surface area contributed by atoms with Crippen molar-refractivity contribution in [1.29, 1.82) is 0 Å². The number of amides is 3. The molecule has 4 aliphatic carbocycles. The minimum Gasteiger partial charge on any atom is -0.373 e. The van der Waals surface area contributed by atoms with Crippen molar-refractivity contribution in [3.63, 3.8) is 0 Å². The summed E-state index contributed by atoms with van der Waals surface area (Å²) in [5.41, 5.74) is 0.0286. The van der Waals surface area contributed by atoms with Crippen LogP contribution in [0, 0.1) is 23.7 Å². The van der Waals surface area contributed by atoms with Crippen molar-refractivity contribution in [2.24, 2.45) is 23.7 Å². The van der Waals surface area contributed by atoms with Crippen LogP contribution in [0.2, 0.25) is 0 Å². The van der Waals surface area contributed by atoms with Crippen LogP contribution in [0.5, 0.6) is 0 Å². The first kappa shape index (κ1) is 23.4. The molecule has 0 aromatic carbocycles. The highest BCUT2D eigenvalue weighted by atomic mass is 16.5. The Morgan fingerprint density at radius 1 is 0.939 bits per heavy atom. The summed E-state index contributed by atoms with van der Waals surface area (Å²) < 4.78 is 5.85. The van der Waals surface area contributed by atoms with Crippen LogP contribution in [0.15, 0.2) is 0 Å². The number of likely N-dealkylation sites (tertiary alicyclic amines) is 1. The van der Waals surface area contributed by atoms with Crippen molar-refractivity contribution < 1.29 is 14.3 Å². The molecule has 33 heavy (non-hydrogen) atoms. The Labute approximate surface area is 199 Å². The van der Waals surface area contributed by atoms with Gasteiger partial charge in [-0.05, 0) is 88.9 Å². The van der Waals surface area contributed by atoms with Gasteiger partial charge in [0.25, 0.3) is 0 Å². The molecule has 0 aromatic heterocycles. The third-order valence-corrected chi connectivity index (χ3v) is 9.02. The van der Waals surface area contributed by atoms with E-state index in [9.17, 15) is 9.59 Å². The maximum Gasteiger partial charge on any atom is 0.315 e. The van der Waals surface area contributed by atoms with Gasteiger partial charge in [-0.25, -0.2) is 4.79 Å². The molecule has 7 nitrogen and oxygen atoms in total. The van der Waals surface area contributed by atoms with Gasteiger partial charge in [0.15, 0.2) is 0 Å². The summed E-state index contributed by atoms with van der Waals surface area (Å²) in [4.78, 5) is 29.8. The number of rotatable bonds is 6. The first-order valence-electron chi connectivity index (χ1n) is 13.6. The molecular formula is C26H44N4O3. The maximum atomic E-state index is 12.7. The molecule has 6 rings (SSSR count). The molecule has 2 aliphatic heterocycles. The number of nitrogens with zero attached hydrogens (tertiary/aromatic N) is 2. The number of carbonyl (C=O) groups excluding carboxylic acids is 2. The third kappa shape index (κ3) is 5.67. The number of ether oxygens (including phenoxy) is 1. The van der Waals surface area contributed by atoms with Crippen LogP contribution in [0.1, 0.15) is 71.6 Å². The molecule has 186 valence electrons. The van der Waals surface area contributed by atoms with Crippen LogP contribution in [-0.4, -0.2) is 78.8 Å². The van der Waals surface area contributed by atoms with Crippen LogP contribution in [0.25, 0.3) is 0 Å². The van der Waals surface area contributed by atoms with E-state index in [-0.39, 0.29) is 17.5 Å². The number of morpholine rings is 1. The fourth-order valence-electron chi connectivity index (χ4n) is 8.15. The molecule has 4 saturated carbocycles. The van der Waals surface area contributed by atoms with Gasteiger partial charge in [0, 0.05) is 51.2 Å². The van der Waals surface area contributed by atoms with Crippen LogP contribution < -0.4 is 10.6 Å². The van der Waals surface area contributed by atoms with Crippen molar-refractivity contribution in [1.82, 2.24) is 20.4 Å². The molecule has 2 atom stereocenters. The molecule has 0 aromatic rings. The summed E-state index contributed by atoms with van der Waals surface area (Å²) >= 11 is 0. The lowest BCUT2D eigenvalue weighted by Gasteiger charge is -2.56. The number of hydrogen-bond donors (Lipinski definition) is 2. The Kier molecular flexibility index (Phi) is 6.90. The predicted octanol–water partition coefficient (Wildman–Crippen LogP) is 2.99. The number of piperidine rings is 1. The second-order valence-electron chi connectivity index (χ2n) is 12.1. The van der Waals surface area contributed by atoms with E-state index in [0.717, 1.165) is 82.6 Å². The Morgan fingerprint density at radius 3 is 2.09 bits per heavy atom. The zero-order valence-electron chi connectivity index (χ0n) is 20.7. The topological polar surface area (TPSA) is 73.9 Å². The first-order chi connectivity index (χ1) is 15.9. The van der Waals surface area contributed by atoms with Crippen molar-refractivity contribution in [2.45, 2.75) is 89.4 Å². The summed E-state index contributed by atoms with van der Waals surface area (Å²) in [5, 5.41) is 6.32. The standard InChI is InChI=1S/C26H44N4O3/c1-18-15-29(16-19(2)33-18)17-20-4-7-30(8-5-20)24(31)3-6-27-25(32)28-26-12-21-9-22(13-26)11-23(10-21)14-26/h18-23H,3-17H2,1-2H3,(H2,27,28,32). The molecule has 6 aliphatic rings. The van der Waals surface area contributed by atoms with Crippen LogP contribution in [0.3, 0.4) is 0 Å². The first-order valence-corrected chi connectivity index (χ1v) is 13.6. The normalized spacial score (nSPS) is 39.0. The molecule has 7 heteroatoms. The summed E-state index contributed by atoms with van der Waals surface area (Å²) in [6.07, 6.45) is 10.8. The fourth-order valence-corrected chi connectivity index (χ4v) is 8.15. The van der Waals surface area contributed by atoms with Gasteiger partial charge in [-0.2, -0.15) is 0 Å². The monoisotopic (exact) mass is 460 g/mol. The lowest BCUT2D eigenvalue weighted by molar-refractivity contribution is -0.132. The van der Waals surface area contributed by atoms with E-state index in [4.69, 9.17) is 4.74 Å². The van der Waals surface area contributed by atoms with Crippen LogP contribution in [0.4, 0.5) is 4.79 Å². The maximum absolute atomic E-state index is 12.7. The summed E-state index contributed by atoms with van der Waals surface area (Å²) in [6.45, 7) is 9.58. The highest BCUT2D eigenvalue weighted by Gasteiger charge is 2.51. The zero-order valence-corrected chi connectivity index (χ0v) is 20.7. The lowest BCUT2D eigenvalue weighted by Crippen LogP contribution is -2.61. The molecule has 0 radical (unpaired) electrons. The van der Waals surface area contributed by atoms with Gasteiger partial charge < -0.3 is 20.3 Å². The lowest BCUT2D eigenvalue weighted by atomic mass is 9.53. The van der Waals surface area contributed by atoms with E-state index in [2.05, 4.69) is 29.4 Å². The quantitative estimate of drug-likeness (QED) is 0.639. The van der Waals surface area contributed by atoms with E-state index in [0.29, 0.717) is 31.1 Å². The van der Waals surface area contributed by atoms with Crippen LogP contribution in [-0.2, 0) is 9.53 Å². The van der Waals surface area contributed by atoms with Gasteiger partial charge in [0.05, 0.1) is 12.2 Å². The minimum absolute atomic E-state index is 0.0286. The molecule has 2 unspecified atom stereocenters. The van der Waals surface area contributed by atoms with Gasteiger partial charge in [0.1, 0.15) is 0 Å². The van der Waals surface area contributed by atoms with Crippen molar-refractivity contribution in [3.05, 3.63) is 0 Å². The number of hydrogen-bond acceptors (Lipinski definition) is 4. The van der Waals surface area contributed by atoms with Crippen molar-refractivity contribution in [2.75, 3.05) is 39.3 Å². The molecule has 2 heterocycles. The second-order valence-corrected chi connectivity index (χ2v) is 12.1. The highest BCUT2D eigenvalue weighted by Crippen LogP contribution is 2.55. The van der Waals surface area contributed by atoms with Gasteiger partial charge in [-0.1, -0.05) is 0 Å². The minimum atomic E-state index is -0.0718. The Hall–Kier alpha value is -1.34. The van der Waals surface area contributed by atoms with E-state index in [1.54, 1.807) is 0 Å². The van der Waals surface area contributed by atoms with E-state index >= 15 is 0 Å². The van der Waals surface area contributed by atoms with E-state index < -0.39 is 0 Å². The molecule has 3 amide bonds. The average Bonchev–Trinajstić information content (AvgIpc) is 2.72. The number of carbonyl (C=O) groups is 2. The second kappa shape index (κ2) is 9.73. The Morgan fingerprint density at radius 2 is 1.52 bits per heavy atom. The Balaban J connectivity index is 0.988. The fraction of sp³-hybridized carbons (Fsp3) is 0.923. The van der Waals surface area contributed by atoms with Gasteiger partial charge in [0.2, 0.25) is 5.91 Å². The summed E-state index contributed by atoms with van der Waals surface area (Å²) in [6, 6.07) is -0.0718. The molecular weight excluding hydrogens is 416 g/mol. The van der Waals surface area contributed by atoms with Gasteiger partial charge in [-0.3, -0.25) is 9.69 Å². The Bertz CT molecular complexity index is 675. The summed E-state index contributed by atoms with van der Waals surface area (Å²) in [7, 11) is 0. The smallest absolute Gasteiger partial charge is 0.315 e. The molecule has 0 spiro atoms. The van der Waals surface area contributed by atoms with Crippen LogP contribution >= 0.6 is 0 Å². The van der Waals surface area contributed by atoms with Gasteiger partial charge >= 0.3 is 6.03 Å². The van der Waals surface area contributed by atoms with E-state index in [1.165, 1.54) is 19.3 Å². The molecule has 2 saturated heterocycles. The average molecular weight is 461 g/mol. The third-order valence-electron chi connectivity index (χ3n) is 9.02. The van der Waals surface area contributed by atoms with Crippen molar-refractivity contribution >= 4 is 11.9 Å². The van der Waals surface area contributed by atoms with Crippen molar-refractivity contribution in [3.8, 4) is 0 Å². The van der Waals surface area contributed by atoms with E-state index in [1.807, 2.05) is 4.90 Å². The molecule has 4 bridgehead atoms.